The first-order valence-corrected chi connectivity index (χ1v) is 7.95. The Hall–Kier alpha value is -3.04. The lowest BCUT2D eigenvalue weighted by Gasteiger charge is -2.15. The normalized spacial score (nSPS) is 10.7. The lowest BCUT2D eigenvalue weighted by atomic mass is 9.83. The number of nitrogen functional groups attached to an aromatic ring is 1. The molecule has 0 aliphatic rings. The molecule has 0 amide bonds. The summed E-state index contributed by atoms with van der Waals surface area (Å²) in [4.78, 5) is 10.6. The number of aryl methyl sites for hydroxylation is 1. The van der Waals surface area contributed by atoms with Crippen LogP contribution in [0.1, 0.15) is 0 Å². The second kappa shape index (κ2) is 7.07. The van der Waals surface area contributed by atoms with Crippen molar-refractivity contribution in [3.8, 4) is 0 Å². The van der Waals surface area contributed by atoms with Crippen molar-refractivity contribution in [2.45, 2.75) is 0 Å². The van der Waals surface area contributed by atoms with Gasteiger partial charge in [-0.3, -0.25) is 0 Å². The summed E-state index contributed by atoms with van der Waals surface area (Å²) >= 11 is 0. The molecule has 0 atom stereocenters. The van der Waals surface area contributed by atoms with Crippen molar-refractivity contribution in [1.82, 2.24) is 14.5 Å². The van der Waals surface area contributed by atoms with E-state index in [4.69, 9.17) is 15.8 Å². The van der Waals surface area contributed by atoms with Crippen molar-refractivity contribution >= 4 is 46.2 Å². The van der Waals surface area contributed by atoms with Crippen LogP contribution >= 0.6 is 0 Å². The van der Waals surface area contributed by atoms with Crippen LogP contribution in [0.3, 0.4) is 0 Å². The van der Waals surface area contributed by atoms with Crippen molar-refractivity contribution in [2.24, 2.45) is 7.05 Å². The number of rotatable bonds is 2. The molecule has 4 aromatic rings. The van der Waals surface area contributed by atoms with Crippen molar-refractivity contribution in [2.75, 3.05) is 24.7 Å². The molecule has 4 N–H and O–H groups in total. The minimum atomic E-state index is -1.41. The van der Waals surface area contributed by atoms with Crippen LogP contribution in [0.25, 0.3) is 21.8 Å². The number of anilines is 2. The fourth-order valence-corrected chi connectivity index (χ4v) is 2.73. The second-order valence-electron chi connectivity index (χ2n) is 6.05. The average molecular weight is 353 g/mol. The maximum Gasteiger partial charge on any atom is 0.491 e. The molecule has 3 heterocycles. The van der Waals surface area contributed by atoms with Crippen molar-refractivity contribution in [1.29, 1.82) is 0 Å². The number of hydrogen-bond donors (Lipinski definition) is 3. The number of aromatic nitrogens is 3. The Balaban J connectivity index is 0.000000206. The highest BCUT2D eigenvalue weighted by Gasteiger charge is 2.13. The summed E-state index contributed by atoms with van der Waals surface area (Å²) in [5.41, 5.74) is 8.18. The fourth-order valence-electron chi connectivity index (χ4n) is 2.73. The molecule has 9 heteroatoms. The Labute approximate surface area is 150 Å². The van der Waals surface area contributed by atoms with E-state index in [2.05, 4.69) is 31.1 Å². The van der Waals surface area contributed by atoms with Gasteiger partial charge in [0.25, 0.3) is 0 Å². The number of nitrogens with zero attached hydrogens (tertiary/aromatic N) is 4. The van der Waals surface area contributed by atoms with E-state index in [1.54, 1.807) is 0 Å². The predicted molar refractivity (Wildman–Crippen MR) is 103 cm³/mol. The van der Waals surface area contributed by atoms with Crippen molar-refractivity contribution in [3.05, 3.63) is 43.0 Å². The van der Waals surface area contributed by atoms with E-state index < -0.39 is 7.12 Å². The Morgan fingerprint density at radius 2 is 1.92 bits per heavy atom. The first-order valence-electron chi connectivity index (χ1n) is 7.95. The van der Waals surface area contributed by atoms with Crippen LogP contribution in [-0.2, 0) is 7.05 Å². The zero-order valence-electron chi connectivity index (χ0n) is 14.8. The fraction of sp³-hybridized carbons (Fsp3) is 0.176. The van der Waals surface area contributed by atoms with E-state index in [9.17, 15) is 0 Å². The molecule has 26 heavy (non-hydrogen) atoms. The number of hydrogen-bond acceptors (Lipinski definition) is 7. The summed E-state index contributed by atoms with van der Waals surface area (Å²) in [6, 6.07) is 7.63. The average Bonchev–Trinajstić information content (AvgIpc) is 3.24. The van der Waals surface area contributed by atoms with Gasteiger partial charge < -0.3 is 29.7 Å². The highest BCUT2D eigenvalue weighted by Crippen LogP contribution is 2.31. The van der Waals surface area contributed by atoms with Gasteiger partial charge in [0, 0.05) is 43.7 Å². The molecule has 0 saturated carbocycles. The molecule has 4 rings (SSSR count). The molecule has 0 radical (unpaired) electrons. The maximum absolute atomic E-state index is 8.41. The van der Waals surface area contributed by atoms with Crippen molar-refractivity contribution < 1.29 is 14.5 Å². The zero-order chi connectivity index (χ0) is 18.8. The van der Waals surface area contributed by atoms with Crippen LogP contribution in [0.5, 0.6) is 0 Å². The Bertz CT molecular complexity index is 1030. The Kier molecular flexibility index (Phi) is 4.83. The van der Waals surface area contributed by atoms with Crippen LogP contribution in [0.15, 0.2) is 47.4 Å². The zero-order valence-corrected chi connectivity index (χ0v) is 14.8. The van der Waals surface area contributed by atoms with E-state index in [0.717, 1.165) is 22.1 Å². The first kappa shape index (κ1) is 17.8. The van der Waals surface area contributed by atoms with E-state index in [0.29, 0.717) is 11.4 Å². The SMILES string of the molecule is CN(C)c1nc(N)nc2ccc3c(ccn3C)c12.OB(O)c1ccoc1. The van der Waals surface area contributed by atoms with Gasteiger partial charge in [0.2, 0.25) is 5.95 Å². The number of benzene rings is 1. The van der Waals surface area contributed by atoms with Crippen LogP contribution in [0.2, 0.25) is 0 Å². The van der Waals surface area contributed by atoms with Gasteiger partial charge >= 0.3 is 7.12 Å². The minimum absolute atomic E-state index is 0.307. The van der Waals surface area contributed by atoms with Crippen LogP contribution in [0.4, 0.5) is 11.8 Å². The van der Waals surface area contributed by atoms with Gasteiger partial charge in [-0.2, -0.15) is 4.98 Å². The third-order valence-corrected chi connectivity index (χ3v) is 3.99. The molecule has 0 saturated heterocycles. The molecule has 0 aliphatic heterocycles. The van der Waals surface area contributed by atoms with Gasteiger partial charge in [0.05, 0.1) is 23.4 Å². The summed E-state index contributed by atoms with van der Waals surface area (Å²) in [5.74, 6) is 1.16. The monoisotopic (exact) mass is 353 g/mol. The minimum Gasteiger partial charge on any atom is -0.473 e. The van der Waals surface area contributed by atoms with Crippen LogP contribution in [-0.4, -0.2) is 45.8 Å². The summed E-state index contributed by atoms with van der Waals surface area (Å²) in [6.07, 6.45) is 4.71. The predicted octanol–water partition coefficient (Wildman–Crippen LogP) is 0.729. The van der Waals surface area contributed by atoms with Gasteiger partial charge in [0.1, 0.15) is 5.82 Å². The maximum atomic E-state index is 8.41. The molecule has 8 nitrogen and oxygen atoms in total. The topological polar surface area (TPSA) is 114 Å². The van der Waals surface area contributed by atoms with E-state index in [1.165, 1.54) is 24.1 Å². The van der Waals surface area contributed by atoms with Gasteiger partial charge in [-0.15, -0.1) is 0 Å². The van der Waals surface area contributed by atoms with E-state index >= 15 is 0 Å². The molecule has 134 valence electrons. The van der Waals surface area contributed by atoms with Gasteiger partial charge in [-0.1, -0.05) is 0 Å². The molecule has 0 bridgehead atoms. The molecule has 3 aromatic heterocycles. The molecule has 0 fully saturated rings. The van der Waals surface area contributed by atoms with E-state index in [1.807, 2.05) is 38.3 Å². The third kappa shape index (κ3) is 3.35. The number of fused-ring (bicyclic) bond motifs is 3. The Morgan fingerprint density at radius 1 is 1.15 bits per heavy atom. The van der Waals surface area contributed by atoms with Crippen LogP contribution in [0, 0.1) is 0 Å². The van der Waals surface area contributed by atoms with Crippen LogP contribution < -0.4 is 16.1 Å². The summed E-state index contributed by atoms with van der Waals surface area (Å²) in [6.45, 7) is 0. The Morgan fingerprint density at radius 3 is 2.50 bits per heavy atom. The number of furan rings is 1. The van der Waals surface area contributed by atoms with Gasteiger partial charge in [0.15, 0.2) is 0 Å². The van der Waals surface area contributed by atoms with Gasteiger partial charge in [-0.25, -0.2) is 4.98 Å². The van der Waals surface area contributed by atoms with E-state index in [-0.39, 0.29) is 0 Å². The molecule has 1 aromatic carbocycles. The molecular formula is C17H20BN5O3. The standard InChI is InChI=1S/C13H15N5.C4H5BO3/c1-17(2)12-11-8-6-7-18(3)10(8)5-4-9(11)15-13(14)16-12;6-5(7)4-1-2-8-3-4/h4-7H,1-3H3,(H2,14,15,16);1-3,6-7H. The largest absolute Gasteiger partial charge is 0.491 e. The quantitative estimate of drug-likeness (QED) is 0.455. The second-order valence-corrected chi connectivity index (χ2v) is 6.05. The van der Waals surface area contributed by atoms with Crippen molar-refractivity contribution in [3.63, 3.8) is 0 Å². The third-order valence-electron chi connectivity index (χ3n) is 3.99. The highest BCUT2D eigenvalue weighted by atomic mass is 16.4. The highest BCUT2D eigenvalue weighted by molar-refractivity contribution is 6.58. The summed E-state index contributed by atoms with van der Waals surface area (Å²) in [5, 5.41) is 19.0. The first-order chi connectivity index (χ1) is 12.4. The lowest BCUT2D eigenvalue weighted by Crippen LogP contribution is -2.27. The smallest absolute Gasteiger partial charge is 0.473 e. The molecule has 0 aliphatic carbocycles. The lowest BCUT2D eigenvalue weighted by molar-refractivity contribution is 0.425. The number of nitrogens with two attached hydrogens (primary N) is 1. The molecular weight excluding hydrogens is 333 g/mol. The summed E-state index contributed by atoms with van der Waals surface area (Å²) in [7, 11) is 4.54. The molecule has 0 spiro atoms. The van der Waals surface area contributed by atoms with Gasteiger partial charge in [-0.05, 0) is 24.3 Å². The molecule has 0 unspecified atom stereocenters. The summed E-state index contributed by atoms with van der Waals surface area (Å²) < 4.78 is 6.64.